The zero-order chi connectivity index (χ0) is 21.0. The van der Waals surface area contributed by atoms with Gasteiger partial charge in [0.05, 0.1) is 0 Å². The molecule has 0 aliphatic rings. The van der Waals surface area contributed by atoms with Crippen LogP contribution in [-0.4, -0.2) is 5.11 Å². The number of halogens is 2. The van der Waals surface area contributed by atoms with Gasteiger partial charge in [-0.3, -0.25) is 0 Å². The molecule has 0 aliphatic carbocycles. The predicted octanol–water partition coefficient (Wildman–Crippen LogP) is 2.18. The summed E-state index contributed by atoms with van der Waals surface area (Å²) in [5, 5.41) is 12.6. The second-order valence-corrected chi connectivity index (χ2v) is 8.34. The number of para-hydroxylation sites is 1. The molecule has 0 atom stereocenters. The molecule has 0 bridgehead atoms. The van der Waals surface area contributed by atoms with E-state index in [1.165, 1.54) is 27.5 Å². The first kappa shape index (κ1) is 30.4. The average molecular weight is 502 g/mol. The van der Waals surface area contributed by atoms with Crippen molar-refractivity contribution in [3.05, 3.63) is 95.6 Å². The summed E-state index contributed by atoms with van der Waals surface area (Å²) in [6.07, 6.45) is 0. The fourth-order valence-corrected chi connectivity index (χ4v) is 3.69. The van der Waals surface area contributed by atoms with Gasteiger partial charge in [0.15, 0.2) is 0 Å². The number of rotatable bonds is 3. The van der Waals surface area contributed by atoms with Crippen molar-refractivity contribution in [2.24, 2.45) is 0 Å². The number of aryl methyl sites for hydroxylation is 1. The Balaban J connectivity index is 0.000000561. The zero-order valence-corrected chi connectivity index (χ0v) is 22.4. The van der Waals surface area contributed by atoms with E-state index < -0.39 is 0 Å². The molecular formula is C28H31Cl2OTi. The van der Waals surface area contributed by atoms with E-state index in [-0.39, 0.29) is 46.5 Å². The van der Waals surface area contributed by atoms with E-state index in [0.29, 0.717) is 17.6 Å². The Hall–Kier alpha value is -1.64. The Kier molecular flexibility index (Phi) is 13.1. The van der Waals surface area contributed by atoms with Crippen molar-refractivity contribution in [1.82, 2.24) is 0 Å². The van der Waals surface area contributed by atoms with E-state index >= 15 is 0 Å². The minimum absolute atomic E-state index is 0. The molecule has 167 valence electrons. The minimum Gasteiger partial charge on any atom is -1.00 e. The third kappa shape index (κ3) is 7.46. The molecule has 0 fully saturated rings. The third-order valence-electron chi connectivity index (χ3n) is 5.30. The van der Waals surface area contributed by atoms with Crippen LogP contribution in [0.5, 0.6) is 5.75 Å². The van der Waals surface area contributed by atoms with Crippen molar-refractivity contribution in [2.75, 3.05) is 0 Å². The Morgan fingerprint density at radius 2 is 1.25 bits per heavy atom. The minimum atomic E-state index is 0. The Labute approximate surface area is 220 Å². The molecule has 4 rings (SSSR count). The molecule has 0 saturated heterocycles. The summed E-state index contributed by atoms with van der Waals surface area (Å²) in [4.78, 5) is 0. The second kappa shape index (κ2) is 13.8. The number of fused-ring (bicyclic) bond motifs is 1. The number of aromatic hydroxyl groups is 1. The van der Waals surface area contributed by atoms with Crippen molar-refractivity contribution in [3.63, 3.8) is 0 Å². The van der Waals surface area contributed by atoms with Crippen LogP contribution >= 0.6 is 0 Å². The third-order valence-corrected chi connectivity index (χ3v) is 5.30. The molecule has 0 spiro atoms. The van der Waals surface area contributed by atoms with E-state index in [2.05, 4.69) is 95.3 Å². The maximum atomic E-state index is 9.93. The maximum absolute atomic E-state index is 9.93. The first-order valence-corrected chi connectivity index (χ1v) is 10.4. The van der Waals surface area contributed by atoms with Gasteiger partial charge in [-0.15, -0.1) is 28.5 Å². The summed E-state index contributed by atoms with van der Waals surface area (Å²) < 4.78 is 0. The number of hydrogen-bond donors (Lipinski definition) is 1. The van der Waals surface area contributed by atoms with E-state index in [1.54, 1.807) is 0 Å². The average Bonchev–Trinajstić information content (AvgIpc) is 3.08. The monoisotopic (exact) mass is 501 g/mol. The predicted molar refractivity (Wildman–Crippen MR) is 126 cm³/mol. The molecule has 4 aromatic carbocycles. The van der Waals surface area contributed by atoms with E-state index in [4.69, 9.17) is 0 Å². The van der Waals surface area contributed by atoms with Crippen LogP contribution in [-0.2, 0) is 21.7 Å². The fourth-order valence-electron chi connectivity index (χ4n) is 3.69. The van der Waals surface area contributed by atoms with Gasteiger partial charge in [-0.05, 0) is 34.1 Å². The van der Waals surface area contributed by atoms with Gasteiger partial charge in [0.2, 0.25) is 0 Å². The summed E-state index contributed by atoms with van der Waals surface area (Å²) in [7, 11) is 0. The van der Waals surface area contributed by atoms with Gasteiger partial charge in [-0.1, -0.05) is 95.3 Å². The molecule has 1 nitrogen and oxygen atoms in total. The van der Waals surface area contributed by atoms with Gasteiger partial charge in [-0.2, -0.15) is 6.07 Å². The van der Waals surface area contributed by atoms with Gasteiger partial charge in [-0.25, -0.2) is 0 Å². The van der Waals surface area contributed by atoms with Crippen molar-refractivity contribution in [2.45, 2.75) is 46.5 Å². The van der Waals surface area contributed by atoms with E-state index in [1.807, 2.05) is 18.2 Å². The van der Waals surface area contributed by atoms with Crippen LogP contribution in [0.3, 0.4) is 0 Å². The van der Waals surface area contributed by atoms with Gasteiger partial charge in [0.1, 0.15) is 5.75 Å². The molecule has 4 heteroatoms. The van der Waals surface area contributed by atoms with Crippen LogP contribution in [0.1, 0.15) is 56.2 Å². The van der Waals surface area contributed by atoms with E-state index in [0.717, 1.165) is 11.1 Å². The first-order valence-electron chi connectivity index (χ1n) is 10.4. The van der Waals surface area contributed by atoms with Crippen LogP contribution in [0.4, 0.5) is 0 Å². The molecule has 1 radical (unpaired) electrons. The standard InChI is InChI=1S/C16H13.C12H18O.2ClH.Ti/c1-12-9-14-7-8-15(11-16(14)10-12)13-5-3-2-4-6-13;1-8(2)10-6-5-7-11(9(3)4)12(10)13;;;/h2-11H,1H3;5-9,13H,1-4H3;2*1H;/q-1;;;;+3/p-2. The van der Waals surface area contributed by atoms with Crippen molar-refractivity contribution in [3.8, 4) is 16.9 Å². The van der Waals surface area contributed by atoms with Crippen LogP contribution in [0.2, 0.25) is 0 Å². The summed E-state index contributed by atoms with van der Waals surface area (Å²) in [6.45, 7) is 10.5. The van der Waals surface area contributed by atoms with Gasteiger partial charge in [0, 0.05) is 0 Å². The van der Waals surface area contributed by atoms with Crippen LogP contribution < -0.4 is 24.8 Å². The molecule has 0 heterocycles. The van der Waals surface area contributed by atoms with Crippen molar-refractivity contribution in [1.29, 1.82) is 0 Å². The SMILES string of the molecule is CC(C)c1cccc(C(C)C)c1O.Cc1cc2cc(-c3ccccc3)ccc2[cH-]1.[Cl-].[Cl-].[Ti+3]. The summed E-state index contributed by atoms with van der Waals surface area (Å²) in [5.41, 5.74) is 6.00. The molecule has 1 N–H and O–H groups in total. The Bertz CT molecular complexity index is 1060. The largest absolute Gasteiger partial charge is 3.00 e. The molecule has 0 unspecified atom stereocenters. The maximum Gasteiger partial charge on any atom is 3.00 e. The van der Waals surface area contributed by atoms with Gasteiger partial charge < -0.3 is 29.9 Å². The van der Waals surface area contributed by atoms with Crippen LogP contribution in [0.25, 0.3) is 21.9 Å². The van der Waals surface area contributed by atoms with Crippen molar-refractivity contribution >= 4 is 10.8 Å². The fraction of sp³-hybridized carbons (Fsp3) is 0.250. The number of benzene rings is 3. The molecule has 0 saturated carbocycles. The van der Waals surface area contributed by atoms with E-state index in [9.17, 15) is 5.11 Å². The Morgan fingerprint density at radius 3 is 1.78 bits per heavy atom. The van der Waals surface area contributed by atoms with Gasteiger partial charge in [0.25, 0.3) is 0 Å². The quantitative estimate of drug-likeness (QED) is 0.337. The molecule has 0 aromatic heterocycles. The molecule has 0 aliphatic heterocycles. The topological polar surface area (TPSA) is 20.2 Å². The van der Waals surface area contributed by atoms with Gasteiger partial charge >= 0.3 is 21.7 Å². The smallest absolute Gasteiger partial charge is 1.00 e. The molecule has 0 amide bonds. The number of phenols is 1. The first-order chi connectivity index (χ1) is 13.9. The van der Waals surface area contributed by atoms with Crippen LogP contribution in [0, 0.1) is 6.92 Å². The van der Waals surface area contributed by atoms with Crippen LogP contribution in [0.15, 0.2) is 78.9 Å². The molecule has 4 aromatic rings. The summed E-state index contributed by atoms with van der Waals surface area (Å²) in [5.74, 6) is 1.25. The second-order valence-electron chi connectivity index (χ2n) is 8.34. The summed E-state index contributed by atoms with van der Waals surface area (Å²) >= 11 is 0. The summed E-state index contributed by atoms with van der Waals surface area (Å²) in [6, 6.07) is 27.6. The Morgan fingerprint density at radius 1 is 0.688 bits per heavy atom. The van der Waals surface area contributed by atoms with Crippen molar-refractivity contribution < 1.29 is 51.6 Å². The zero-order valence-electron chi connectivity index (χ0n) is 19.4. The number of phenolic OH excluding ortho intramolecular Hbond substituents is 1. The number of hydrogen-bond acceptors (Lipinski definition) is 1. The molecule has 32 heavy (non-hydrogen) atoms. The normalized spacial score (nSPS) is 9.97. The molecular weight excluding hydrogens is 471 g/mol.